The first-order chi connectivity index (χ1) is 9.24. The van der Waals surface area contributed by atoms with E-state index in [9.17, 15) is 0 Å². The van der Waals surface area contributed by atoms with Crippen LogP contribution in [0.1, 0.15) is 25.5 Å². The summed E-state index contributed by atoms with van der Waals surface area (Å²) in [5.41, 5.74) is 3.27. The summed E-state index contributed by atoms with van der Waals surface area (Å²) in [6, 6.07) is 6.51. The number of hydrogen-bond donors (Lipinski definition) is 2. The maximum Gasteiger partial charge on any atom is 0.0881 e. The zero-order valence-electron chi connectivity index (χ0n) is 11.1. The van der Waals surface area contributed by atoms with Crippen molar-refractivity contribution in [3.63, 3.8) is 0 Å². The molecule has 5 nitrogen and oxygen atoms in total. The second-order valence-electron chi connectivity index (χ2n) is 4.92. The number of nitrogens with one attached hydrogen (secondary N) is 2. The molecule has 2 heterocycles. The van der Waals surface area contributed by atoms with Gasteiger partial charge in [0.25, 0.3) is 0 Å². The molecule has 3 rings (SSSR count). The van der Waals surface area contributed by atoms with Crippen LogP contribution in [0.5, 0.6) is 0 Å². The molecule has 0 aliphatic carbocycles. The first-order valence-corrected chi connectivity index (χ1v) is 6.43. The maximum absolute atomic E-state index is 4.34. The van der Waals surface area contributed by atoms with Crippen molar-refractivity contribution < 1.29 is 0 Å². The Morgan fingerprint density at radius 1 is 1.32 bits per heavy atom. The summed E-state index contributed by atoms with van der Waals surface area (Å²) in [5, 5.41) is 15.9. The third-order valence-electron chi connectivity index (χ3n) is 3.14. The molecule has 3 aromatic rings. The van der Waals surface area contributed by atoms with E-state index in [1.807, 2.05) is 35.3 Å². The summed E-state index contributed by atoms with van der Waals surface area (Å²) < 4.78 is 1.97. The van der Waals surface area contributed by atoms with Gasteiger partial charge in [-0.2, -0.15) is 10.2 Å². The minimum Gasteiger partial charge on any atom is -0.379 e. The molecular formula is C14H17N5. The van der Waals surface area contributed by atoms with Gasteiger partial charge in [0, 0.05) is 29.7 Å². The second-order valence-corrected chi connectivity index (χ2v) is 4.92. The Kier molecular flexibility index (Phi) is 2.95. The number of H-pyrrole nitrogens is 1. The van der Waals surface area contributed by atoms with Crippen LogP contribution in [-0.2, 0) is 6.54 Å². The molecule has 0 aliphatic heterocycles. The Bertz CT molecular complexity index is 680. The average molecular weight is 255 g/mol. The zero-order valence-corrected chi connectivity index (χ0v) is 11.1. The standard InChI is InChI=1S/C14H17N5/c1-10(2)19-9-11(7-17-19)6-15-13-5-3-4-12-8-16-18-14(12)13/h3-5,7-10,15H,6H2,1-2H3,(H,16,18). The lowest BCUT2D eigenvalue weighted by Crippen LogP contribution is -2.01. The summed E-state index contributed by atoms with van der Waals surface area (Å²) in [7, 11) is 0. The molecule has 0 saturated carbocycles. The van der Waals surface area contributed by atoms with Crippen LogP contribution in [0.2, 0.25) is 0 Å². The summed E-state index contributed by atoms with van der Waals surface area (Å²) in [6.45, 7) is 5.00. The van der Waals surface area contributed by atoms with Gasteiger partial charge in [0.1, 0.15) is 0 Å². The molecular weight excluding hydrogens is 238 g/mol. The van der Waals surface area contributed by atoms with Gasteiger partial charge >= 0.3 is 0 Å². The molecule has 2 N–H and O–H groups in total. The van der Waals surface area contributed by atoms with Crippen LogP contribution in [-0.4, -0.2) is 20.0 Å². The largest absolute Gasteiger partial charge is 0.379 e. The van der Waals surface area contributed by atoms with Crippen LogP contribution in [0.3, 0.4) is 0 Å². The maximum atomic E-state index is 4.34. The SMILES string of the molecule is CC(C)n1cc(CNc2cccc3cn[nH]c23)cn1. The van der Waals surface area contributed by atoms with Gasteiger partial charge < -0.3 is 5.32 Å². The minimum absolute atomic E-state index is 0.393. The molecule has 0 saturated heterocycles. The molecule has 0 amide bonds. The zero-order chi connectivity index (χ0) is 13.2. The van der Waals surface area contributed by atoms with Crippen molar-refractivity contribution in [2.24, 2.45) is 0 Å². The summed E-state index contributed by atoms with van der Waals surface area (Å²) in [5.74, 6) is 0. The number of benzene rings is 1. The molecule has 0 aliphatic rings. The molecule has 0 spiro atoms. The fourth-order valence-electron chi connectivity index (χ4n) is 2.06. The van der Waals surface area contributed by atoms with E-state index in [1.165, 1.54) is 5.56 Å². The van der Waals surface area contributed by atoms with Gasteiger partial charge in [-0.1, -0.05) is 12.1 Å². The second kappa shape index (κ2) is 4.76. The number of rotatable bonds is 4. The van der Waals surface area contributed by atoms with Crippen molar-refractivity contribution in [2.75, 3.05) is 5.32 Å². The van der Waals surface area contributed by atoms with E-state index in [-0.39, 0.29) is 0 Å². The molecule has 0 bridgehead atoms. The molecule has 0 unspecified atom stereocenters. The van der Waals surface area contributed by atoms with Gasteiger partial charge in [0.05, 0.1) is 23.6 Å². The topological polar surface area (TPSA) is 58.5 Å². The van der Waals surface area contributed by atoms with E-state index < -0.39 is 0 Å². The molecule has 5 heteroatoms. The smallest absolute Gasteiger partial charge is 0.0881 e. The Morgan fingerprint density at radius 3 is 3.00 bits per heavy atom. The average Bonchev–Trinajstić information content (AvgIpc) is 3.05. The Balaban J connectivity index is 1.76. The lowest BCUT2D eigenvalue weighted by Gasteiger charge is -2.06. The van der Waals surface area contributed by atoms with Crippen LogP contribution in [0.25, 0.3) is 10.9 Å². The van der Waals surface area contributed by atoms with Crippen molar-refractivity contribution >= 4 is 16.6 Å². The molecule has 0 fully saturated rings. The first kappa shape index (κ1) is 11.8. The van der Waals surface area contributed by atoms with Gasteiger partial charge in [-0.25, -0.2) is 0 Å². The van der Waals surface area contributed by atoms with Crippen LogP contribution in [0.15, 0.2) is 36.8 Å². The lowest BCUT2D eigenvalue weighted by atomic mass is 10.2. The van der Waals surface area contributed by atoms with Crippen molar-refractivity contribution in [3.8, 4) is 0 Å². The van der Waals surface area contributed by atoms with Gasteiger partial charge in [0.15, 0.2) is 0 Å². The Hall–Kier alpha value is -2.30. The molecule has 2 aromatic heterocycles. The molecule has 0 atom stereocenters. The highest BCUT2D eigenvalue weighted by molar-refractivity contribution is 5.89. The normalized spacial score (nSPS) is 11.3. The number of anilines is 1. The Labute approximate surface area is 111 Å². The van der Waals surface area contributed by atoms with E-state index in [0.29, 0.717) is 6.04 Å². The summed E-state index contributed by atoms with van der Waals surface area (Å²) >= 11 is 0. The Morgan fingerprint density at radius 2 is 2.21 bits per heavy atom. The number of hydrogen-bond acceptors (Lipinski definition) is 3. The highest BCUT2D eigenvalue weighted by Gasteiger charge is 2.04. The van der Waals surface area contributed by atoms with Crippen molar-refractivity contribution in [3.05, 3.63) is 42.4 Å². The van der Waals surface area contributed by atoms with E-state index in [2.05, 4.69) is 40.7 Å². The van der Waals surface area contributed by atoms with Crippen LogP contribution < -0.4 is 5.32 Å². The monoisotopic (exact) mass is 255 g/mol. The van der Waals surface area contributed by atoms with Crippen molar-refractivity contribution in [1.82, 2.24) is 20.0 Å². The fourth-order valence-corrected chi connectivity index (χ4v) is 2.06. The quantitative estimate of drug-likeness (QED) is 0.753. The molecule has 0 radical (unpaired) electrons. The lowest BCUT2D eigenvalue weighted by molar-refractivity contribution is 0.532. The van der Waals surface area contributed by atoms with Crippen molar-refractivity contribution in [2.45, 2.75) is 26.4 Å². The van der Waals surface area contributed by atoms with E-state index in [4.69, 9.17) is 0 Å². The highest BCUT2D eigenvalue weighted by atomic mass is 15.3. The van der Waals surface area contributed by atoms with Crippen LogP contribution in [0, 0.1) is 0 Å². The molecule has 98 valence electrons. The number of aromatic amines is 1. The third kappa shape index (κ3) is 2.31. The van der Waals surface area contributed by atoms with Gasteiger partial charge in [-0.3, -0.25) is 9.78 Å². The van der Waals surface area contributed by atoms with Crippen molar-refractivity contribution in [1.29, 1.82) is 0 Å². The number of para-hydroxylation sites is 1. The third-order valence-corrected chi connectivity index (χ3v) is 3.14. The van der Waals surface area contributed by atoms with E-state index in [1.54, 1.807) is 0 Å². The van der Waals surface area contributed by atoms with Gasteiger partial charge in [-0.05, 0) is 19.9 Å². The van der Waals surface area contributed by atoms with Gasteiger partial charge in [-0.15, -0.1) is 0 Å². The molecule has 19 heavy (non-hydrogen) atoms. The van der Waals surface area contributed by atoms with E-state index in [0.717, 1.165) is 23.1 Å². The number of fused-ring (bicyclic) bond motifs is 1. The van der Waals surface area contributed by atoms with Crippen LogP contribution in [0.4, 0.5) is 5.69 Å². The first-order valence-electron chi connectivity index (χ1n) is 6.43. The summed E-state index contributed by atoms with van der Waals surface area (Å²) in [6.07, 6.45) is 5.81. The minimum atomic E-state index is 0.393. The van der Waals surface area contributed by atoms with Gasteiger partial charge in [0.2, 0.25) is 0 Å². The predicted octanol–water partition coefficient (Wildman–Crippen LogP) is 2.95. The highest BCUT2D eigenvalue weighted by Crippen LogP contribution is 2.21. The predicted molar refractivity (Wildman–Crippen MR) is 76.0 cm³/mol. The van der Waals surface area contributed by atoms with E-state index >= 15 is 0 Å². The number of nitrogens with zero attached hydrogens (tertiary/aromatic N) is 3. The summed E-state index contributed by atoms with van der Waals surface area (Å²) in [4.78, 5) is 0. The fraction of sp³-hybridized carbons (Fsp3) is 0.286. The van der Waals surface area contributed by atoms with Crippen LogP contribution >= 0.6 is 0 Å². The molecule has 1 aromatic carbocycles. The number of aromatic nitrogens is 4.